The van der Waals surface area contributed by atoms with Crippen LogP contribution in [0.1, 0.15) is 27.2 Å². The van der Waals surface area contributed by atoms with E-state index in [1.54, 1.807) is 13.8 Å². The maximum atomic E-state index is 12.3. The zero-order valence-electron chi connectivity index (χ0n) is 11.0. The van der Waals surface area contributed by atoms with Crippen LogP contribution in [0.2, 0.25) is 0 Å². The highest BCUT2D eigenvalue weighted by Crippen LogP contribution is 2.29. The number of aliphatic hydroxyl groups excluding tert-OH is 3. The Morgan fingerprint density at radius 2 is 1.78 bits per heavy atom. The van der Waals surface area contributed by atoms with Crippen LogP contribution < -0.4 is 5.73 Å². The monoisotopic (exact) mass is 261 g/mol. The lowest BCUT2D eigenvalue weighted by Crippen LogP contribution is -2.62. The Bertz CT molecular complexity index is 305. The highest BCUT2D eigenvalue weighted by Gasteiger charge is 2.48. The standard InChI is InChI=1S/C12H23NO5/c1-4-12(2,3)11(17)10-9(16)8(15)7(14)6(5-13)18-10/h6-10,14-16H,4-5,13H2,1-3H3. The van der Waals surface area contributed by atoms with Crippen molar-refractivity contribution in [3.8, 4) is 0 Å². The van der Waals surface area contributed by atoms with Gasteiger partial charge in [-0.2, -0.15) is 0 Å². The normalized spacial score (nSPS) is 37.6. The summed E-state index contributed by atoms with van der Waals surface area (Å²) in [6.07, 6.45) is -5.53. The highest BCUT2D eigenvalue weighted by molar-refractivity contribution is 5.89. The Balaban J connectivity index is 2.92. The van der Waals surface area contributed by atoms with Gasteiger partial charge in [0.05, 0.1) is 6.10 Å². The molecule has 6 nitrogen and oxygen atoms in total. The topological polar surface area (TPSA) is 113 Å². The maximum Gasteiger partial charge on any atom is 0.169 e. The maximum absolute atomic E-state index is 12.3. The summed E-state index contributed by atoms with van der Waals surface area (Å²) in [5, 5.41) is 29.2. The smallest absolute Gasteiger partial charge is 0.169 e. The number of carbonyl (C=O) groups is 1. The van der Waals surface area contributed by atoms with Crippen LogP contribution >= 0.6 is 0 Å². The molecule has 1 saturated heterocycles. The van der Waals surface area contributed by atoms with Crippen molar-refractivity contribution in [1.29, 1.82) is 0 Å². The van der Waals surface area contributed by atoms with E-state index in [9.17, 15) is 20.1 Å². The summed E-state index contributed by atoms with van der Waals surface area (Å²) in [4.78, 5) is 12.3. The van der Waals surface area contributed by atoms with Gasteiger partial charge >= 0.3 is 0 Å². The predicted octanol–water partition coefficient (Wildman–Crippen LogP) is -1.20. The molecule has 5 atom stereocenters. The van der Waals surface area contributed by atoms with Gasteiger partial charge < -0.3 is 25.8 Å². The van der Waals surface area contributed by atoms with E-state index < -0.39 is 35.9 Å². The summed E-state index contributed by atoms with van der Waals surface area (Å²) in [6.45, 7) is 5.33. The summed E-state index contributed by atoms with van der Waals surface area (Å²) >= 11 is 0. The van der Waals surface area contributed by atoms with Crippen molar-refractivity contribution < 1.29 is 24.9 Å². The molecule has 5 N–H and O–H groups in total. The minimum absolute atomic E-state index is 0.0265. The SMILES string of the molecule is CCC(C)(C)C(=O)C1OC(CN)C(O)C(O)C1O. The molecule has 0 radical (unpaired) electrons. The molecule has 0 saturated carbocycles. The van der Waals surface area contributed by atoms with Gasteiger partial charge in [-0.25, -0.2) is 0 Å². The van der Waals surface area contributed by atoms with Gasteiger partial charge in [0.15, 0.2) is 5.78 Å². The van der Waals surface area contributed by atoms with Crippen molar-refractivity contribution in [2.75, 3.05) is 6.54 Å². The third kappa shape index (κ3) is 2.73. The lowest BCUT2D eigenvalue weighted by atomic mass is 9.79. The van der Waals surface area contributed by atoms with E-state index in [1.165, 1.54) is 0 Å². The molecule has 0 aromatic carbocycles. The Morgan fingerprint density at radius 1 is 1.22 bits per heavy atom. The van der Waals surface area contributed by atoms with Crippen molar-refractivity contribution >= 4 is 5.78 Å². The van der Waals surface area contributed by atoms with Crippen LogP contribution in [0.3, 0.4) is 0 Å². The summed E-state index contributed by atoms with van der Waals surface area (Å²) in [5.74, 6) is -0.290. The Kier molecular flexibility index (Phi) is 4.85. The molecule has 106 valence electrons. The summed E-state index contributed by atoms with van der Waals surface area (Å²) in [6, 6.07) is 0. The number of hydrogen-bond acceptors (Lipinski definition) is 6. The van der Waals surface area contributed by atoms with Crippen LogP contribution in [-0.4, -0.2) is 58.2 Å². The van der Waals surface area contributed by atoms with E-state index >= 15 is 0 Å². The van der Waals surface area contributed by atoms with E-state index in [2.05, 4.69) is 0 Å². The Morgan fingerprint density at radius 3 is 2.22 bits per heavy atom. The Labute approximate surface area is 107 Å². The number of Topliss-reactive ketones (excluding diaryl/α,β-unsaturated/α-hetero) is 1. The fraction of sp³-hybridized carbons (Fsp3) is 0.917. The molecule has 0 aromatic rings. The first-order valence-corrected chi connectivity index (χ1v) is 6.20. The molecular formula is C12H23NO5. The highest BCUT2D eigenvalue weighted by atomic mass is 16.5. The molecule has 1 aliphatic rings. The third-order valence-corrected chi connectivity index (χ3v) is 3.75. The number of ketones is 1. The van der Waals surface area contributed by atoms with Crippen LogP contribution in [0.25, 0.3) is 0 Å². The van der Waals surface area contributed by atoms with Gasteiger partial charge in [0.1, 0.15) is 24.4 Å². The van der Waals surface area contributed by atoms with Gasteiger partial charge in [-0.1, -0.05) is 20.8 Å². The largest absolute Gasteiger partial charge is 0.388 e. The minimum Gasteiger partial charge on any atom is -0.388 e. The van der Waals surface area contributed by atoms with Crippen LogP contribution in [0.5, 0.6) is 0 Å². The number of aliphatic hydroxyl groups is 3. The first-order chi connectivity index (χ1) is 8.26. The molecule has 5 unspecified atom stereocenters. The molecule has 0 aliphatic carbocycles. The van der Waals surface area contributed by atoms with Gasteiger partial charge in [0, 0.05) is 12.0 Å². The molecule has 0 spiro atoms. The molecule has 1 rings (SSSR count). The fourth-order valence-electron chi connectivity index (χ4n) is 1.92. The van der Waals surface area contributed by atoms with Gasteiger partial charge in [0.2, 0.25) is 0 Å². The van der Waals surface area contributed by atoms with E-state index in [-0.39, 0.29) is 12.3 Å². The second kappa shape index (κ2) is 5.63. The van der Waals surface area contributed by atoms with Gasteiger partial charge in [-0.05, 0) is 6.42 Å². The van der Waals surface area contributed by atoms with Crippen molar-refractivity contribution in [2.24, 2.45) is 11.1 Å². The van der Waals surface area contributed by atoms with Gasteiger partial charge in [-0.3, -0.25) is 4.79 Å². The quantitative estimate of drug-likeness (QED) is 0.505. The van der Waals surface area contributed by atoms with E-state index in [1.807, 2.05) is 6.92 Å². The molecule has 0 aromatic heterocycles. The van der Waals surface area contributed by atoms with Crippen LogP contribution in [0.4, 0.5) is 0 Å². The van der Waals surface area contributed by atoms with Crippen LogP contribution in [-0.2, 0) is 9.53 Å². The summed E-state index contributed by atoms with van der Waals surface area (Å²) < 4.78 is 5.35. The second-order valence-corrected chi connectivity index (χ2v) is 5.40. The van der Waals surface area contributed by atoms with E-state index in [4.69, 9.17) is 10.5 Å². The molecule has 18 heavy (non-hydrogen) atoms. The second-order valence-electron chi connectivity index (χ2n) is 5.40. The van der Waals surface area contributed by atoms with Gasteiger partial charge in [0.25, 0.3) is 0 Å². The molecule has 0 amide bonds. The summed E-state index contributed by atoms with van der Waals surface area (Å²) in [5.41, 5.74) is 4.76. The average molecular weight is 261 g/mol. The molecule has 1 heterocycles. The molecule has 1 aliphatic heterocycles. The zero-order chi connectivity index (χ0) is 14.1. The van der Waals surface area contributed by atoms with Crippen LogP contribution in [0.15, 0.2) is 0 Å². The van der Waals surface area contributed by atoms with Gasteiger partial charge in [-0.15, -0.1) is 0 Å². The summed E-state index contributed by atoms with van der Waals surface area (Å²) in [7, 11) is 0. The van der Waals surface area contributed by atoms with Crippen molar-refractivity contribution in [2.45, 2.75) is 57.7 Å². The van der Waals surface area contributed by atoms with Crippen molar-refractivity contribution in [3.63, 3.8) is 0 Å². The lowest BCUT2D eigenvalue weighted by Gasteiger charge is -2.41. The fourth-order valence-corrected chi connectivity index (χ4v) is 1.92. The number of nitrogens with two attached hydrogens (primary N) is 1. The number of carbonyl (C=O) groups excluding carboxylic acids is 1. The number of rotatable bonds is 4. The van der Waals surface area contributed by atoms with E-state index in [0.717, 1.165) is 0 Å². The zero-order valence-corrected chi connectivity index (χ0v) is 11.0. The molecule has 0 bridgehead atoms. The average Bonchev–Trinajstić information content (AvgIpc) is 2.35. The molecule has 1 fully saturated rings. The first-order valence-electron chi connectivity index (χ1n) is 6.20. The Hall–Kier alpha value is -0.530. The first kappa shape index (κ1) is 15.5. The van der Waals surface area contributed by atoms with E-state index in [0.29, 0.717) is 6.42 Å². The lowest BCUT2D eigenvalue weighted by molar-refractivity contribution is -0.220. The third-order valence-electron chi connectivity index (χ3n) is 3.75. The van der Waals surface area contributed by atoms with Crippen molar-refractivity contribution in [3.05, 3.63) is 0 Å². The predicted molar refractivity (Wildman–Crippen MR) is 64.8 cm³/mol. The minimum atomic E-state index is -1.43. The molecular weight excluding hydrogens is 238 g/mol. The number of ether oxygens (including phenoxy) is 1. The van der Waals surface area contributed by atoms with Crippen molar-refractivity contribution in [1.82, 2.24) is 0 Å². The van der Waals surface area contributed by atoms with Crippen LogP contribution in [0, 0.1) is 5.41 Å². The molecule has 6 heteroatoms. The number of hydrogen-bond donors (Lipinski definition) is 4.